The van der Waals surface area contributed by atoms with Gasteiger partial charge in [0.25, 0.3) is 0 Å². The smallest absolute Gasteiger partial charge is 0.123 e. The molecule has 2 rings (SSSR count). The van der Waals surface area contributed by atoms with Crippen molar-refractivity contribution in [2.45, 2.75) is 6.92 Å². The number of anilines is 1. The van der Waals surface area contributed by atoms with Gasteiger partial charge in [0.2, 0.25) is 0 Å². The second-order valence-corrected chi connectivity index (χ2v) is 5.01. The maximum atomic E-state index is 6.05. The maximum Gasteiger partial charge on any atom is 0.123 e. The van der Waals surface area contributed by atoms with Crippen LogP contribution in [0.4, 0.5) is 5.69 Å². The molecule has 0 amide bonds. The molecule has 0 saturated carbocycles. The van der Waals surface area contributed by atoms with Crippen LogP contribution in [0.1, 0.15) is 5.56 Å². The van der Waals surface area contributed by atoms with E-state index >= 15 is 0 Å². The van der Waals surface area contributed by atoms with E-state index < -0.39 is 0 Å². The van der Waals surface area contributed by atoms with Gasteiger partial charge in [-0.25, -0.2) is 0 Å². The largest absolute Gasteiger partial charge is 0.491 e. The average molecular weight is 296 g/mol. The Balaban J connectivity index is 1.84. The third kappa shape index (κ3) is 4.05. The quantitative estimate of drug-likeness (QED) is 0.801. The van der Waals surface area contributed by atoms with E-state index in [0.29, 0.717) is 23.2 Å². The molecule has 0 aliphatic rings. The van der Waals surface area contributed by atoms with E-state index in [4.69, 9.17) is 27.9 Å². The number of aryl methyl sites for hydroxylation is 1. The predicted molar refractivity (Wildman–Crippen MR) is 81.6 cm³/mol. The lowest BCUT2D eigenvalue weighted by atomic mass is 10.2. The summed E-state index contributed by atoms with van der Waals surface area (Å²) < 4.78 is 5.69. The Labute approximate surface area is 123 Å². The number of nitrogens with one attached hydrogen (secondary N) is 1. The highest BCUT2D eigenvalue weighted by atomic mass is 35.5. The summed E-state index contributed by atoms with van der Waals surface area (Å²) in [6.45, 7) is 3.22. The van der Waals surface area contributed by atoms with Crippen LogP contribution in [0.3, 0.4) is 0 Å². The van der Waals surface area contributed by atoms with Crippen molar-refractivity contribution in [3.63, 3.8) is 0 Å². The lowest BCUT2D eigenvalue weighted by Gasteiger charge is -2.11. The van der Waals surface area contributed by atoms with Gasteiger partial charge in [0, 0.05) is 11.6 Å². The minimum Gasteiger partial charge on any atom is -0.491 e. The molecule has 0 aliphatic heterocycles. The fraction of sp³-hybridized carbons (Fsp3) is 0.200. The van der Waals surface area contributed by atoms with Crippen LogP contribution >= 0.6 is 23.2 Å². The number of rotatable bonds is 5. The summed E-state index contributed by atoms with van der Waals surface area (Å²) in [4.78, 5) is 0. The molecule has 100 valence electrons. The molecule has 0 aliphatic carbocycles. The molecule has 0 radical (unpaired) electrons. The topological polar surface area (TPSA) is 21.3 Å². The Morgan fingerprint density at radius 2 is 1.89 bits per heavy atom. The minimum atomic E-state index is 0.548. The highest BCUT2D eigenvalue weighted by Gasteiger charge is 2.01. The highest BCUT2D eigenvalue weighted by molar-refractivity contribution is 6.33. The molecule has 0 fully saturated rings. The number of para-hydroxylation sites is 1. The monoisotopic (exact) mass is 295 g/mol. The van der Waals surface area contributed by atoms with Crippen LogP contribution in [0.15, 0.2) is 42.5 Å². The van der Waals surface area contributed by atoms with E-state index in [0.717, 1.165) is 17.0 Å². The summed E-state index contributed by atoms with van der Waals surface area (Å²) in [6.07, 6.45) is 0. The van der Waals surface area contributed by atoms with Gasteiger partial charge in [0.1, 0.15) is 12.4 Å². The third-order valence-corrected chi connectivity index (χ3v) is 3.26. The van der Waals surface area contributed by atoms with Crippen LogP contribution in [0.2, 0.25) is 10.0 Å². The zero-order valence-electron chi connectivity index (χ0n) is 10.6. The number of hydrogen-bond donors (Lipinski definition) is 1. The Morgan fingerprint density at radius 1 is 1.11 bits per heavy atom. The molecular weight excluding hydrogens is 281 g/mol. The summed E-state index contributed by atoms with van der Waals surface area (Å²) >= 11 is 12.0. The van der Waals surface area contributed by atoms with Crippen LogP contribution < -0.4 is 10.1 Å². The van der Waals surface area contributed by atoms with Gasteiger partial charge >= 0.3 is 0 Å². The van der Waals surface area contributed by atoms with Crippen LogP contribution in [0.5, 0.6) is 5.75 Å². The van der Waals surface area contributed by atoms with E-state index in [-0.39, 0.29) is 0 Å². The number of ether oxygens (including phenoxy) is 1. The molecule has 0 spiro atoms. The first-order valence-corrected chi connectivity index (χ1v) is 6.80. The lowest BCUT2D eigenvalue weighted by Crippen LogP contribution is -2.12. The number of halogens is 2. The van der Waals surface area contributed by atoms with E-state index in [1.807, 2.05) is 49.4 Å². The van der Waals surface area contributed by atoms with Crippen molar-refractivity contribution in [3.05, 3.63) is 58.1 Å². The van der Waals surface area contributed by atoms with Crippen LogP contribution in [0, 0.1) is 6.92 Å². The SMILES string of the molecule is Cc1ccc(Cl)cc1OCCNc1ccccc1Cl. The van der Waals surface area contributed by atoms with Crippen LogP contribution in [-0.2, 0) is 0 Å². The maximum absolute atomic E-state index is 6.05. The van der Waals surface area contributed by atoms with E-state index in [1.54, 1.807) is 0 Å². The molecule has 0 saturated heterocycles. The summed E-state index contributed by atoms with van der Waals surface area (Å²) in [6, 6.07) is 13.3. The van der Waals surface area contributed by atoms with Crippen LogP contribution in [0.25, 0.3) is 0 Å². The Hall–Kier alpha value is -1.38. The Kier molecular flexibility index (Phi) is 4.94. The molecule has 2 aromatic rings. The zero-order valence-corrected chi connectivity index (χ0v) is 12.1. The standard InChI is InChI=1S/C15H15Cl2NO/c1-11-6-7-12(16)10-15(11)19-9-8-18-14-5-3-2-4-13(14)17/h2-7,10,18H,8-9H2,1H3. The van der Waals surface area contributed by atoms with Crippen LogP contribution in [-0.4, -0.2) is 13.2 Å². The van der Waals surface area contributed by atoms with Crippen molar-refractivity contribution in [1.29, 1.82) is 0 Å². The second kappa shape index (κ2) is 6.69. The molecule has 1 N–H and O–H groups in total. The fourth-order valence-electron chi connectivity index (χ4n) is 1.68. The Morgan fingerprint density at radius 3 is 2.68 bits per heavy atom. The lowest BCUT2D eigenvalue weighted by molar-refractivity contribution is 0.330. The zero-order chi connectivity index (χ0) is 13.7. The number of benzene rings is 2. The summed E-state index contributed by atoms with van der Waals surface area (Å²) in [5.74, 6) is 0.813. The second-order valence-electron chi connectivity index (χ2n) is 4.16. The summed E-state index contributed by atoms with van der Waals surface area (Å²) in [7, 11) is 0. The highest BCUT2D eigenvalue weighted by Crippen LogP contribution is 2.23. The van der Waals surface area contributed by atoms with Crippen molar-refractivity contribution >= 4 is 28.9 Å². The predicted octanol–water partition coefficient (Wildman–Crippen LogP) is 4.79. The summed E-state index contributed by atoms with van der Waals surface area (Å²) in [5, 5.41) is 4.62. The molecule has 2 aromatic carbocycles. The van der Waals surface area contributed by atoms with Gasteiger partial charge in [-0.15, -0.1) is 0 Å². The van der Waals surface area contributed by atoms with Crippen molar-refractivity contribution in [2.75, 3.05) is 18.5 Å². The first kappa shape index (κ1) is 14.0. The van der Waals surface area contributed by atoms with Crippen molar-refractivity contribution < 1.29 is 4.74 Å². The van der Waals surface area contributed by atoms with Crippen molar-refractivity contribution in [2.24, 2.45) is 0 Å². The van der Waals surface area contributed by atoms with Gasteiger partial charge in [0.15, 0.2) is 0 Å². The van der Waals surface area contributed by atoms with E-state index in [2.05, 4.69) is 5.32 Å². The first-order chi connectivity index (χ1) is 9.16. The van der Waals surface area contributed by atoms with Gasteiger partial charge in [-0.05, 0) is 36.8 Å². The third-order valence-electron chi connectivity index (χ3n) is 2.70. The molecule has 4 heteroatoms. The molecular formula is C15H15Cl2NO. The first-order valence-electron chi connectivity index (χ1n) is 6.04. The van der Waals surface area contributed by atoms with Gasteiger partial charge < -0.3 is 10.1 Å². The average Bonchev–Trinajstić information content (AvgIpc) is 2.40. The van der Waals surface area contributed by atoms with Gasteiger partial charge in [-0.1, -0.05) is 41.4 Å². The van der Waals surface area contributed by atoms with Crippen molar-refractivity contribution in [3.8, 4) is 5.75 Å². The molecule has 0 unspecified atom stereocenters. The van der Waals surface area contributed by atoms with Gasteiger partial charge in [-0.3, -0.25) is 0 Å². The fourth-order valence-corrected chi connectivity index (χ4v) is 2.05. The summed E-state index contributed by atoms with van der Waals surface area (Å²) in [5.41, 5.74) is 1.98. The van der Waals surface area contributed by atoms with Gasteiger partial charge in [-0.2, -0.15) is 0 Å². The normalized spacial score (nSPS) is 10.3. The van der Waals surface area contributed by atoms with E-state index in [1.165, 1.54) is 0 Å². The van der Waals surface area contributed by atoms with Gasteiger partial charge in [0.05, 0.1) is 10.7 Å². The molecule has 19 heavy (non-hydrogen) atoms. The molecule has 0 heterocycles. The molecule has 2 nitrogen and oxygen atoms in total. The molecule has 0 aromatic heterocycles. The number of hydrogen-bond acceptors (Lipinski definition) is 2. The minimum absolute atomic E-state index is 0.548. The Bertz CT molecular complexity index is 558. The van der Waals surface area contributed by atoms with E-state index in [9.17, 15) is 0 Å². The van der Waals surface area contributed by atoms with Crippen molar-refractivity contribution in [1.82, 2.24) is 0 Å². The molecule has 0 atom stereocenters. The molecule has 0 bridgehead atoms.